The van der Waals surface area contributed by atoms with Gasteiger partial charge in [0.2, 0.25) is 0 Å². The van der Waals surface area contributed by atoms with Crippen molar-refractivity contribution in [3.8, 4) is 5.19 Å². The summed E-state index contributed by atoms with van der Waals surface area (Å²) in [4.78, 5) is 15.7. The molecule has 2 rings (SSSR count). The first-order valence-electron chi connectivity index (χ1n) is 6.68. The fourth-order valence-corrected chi connectivity index (χ4v) is 3.24. The third kappa shape index (κ3) is 4.94. The van der Waals surface area contributed by atoms with E-state index in [9.17, 15) is 26.4 Å². The lowest BCUT2D eigenvalue weighted by Gasteiger charge is -2.15. The number of halogens is 4. The van der Waals surface area contributed by atoms with Gasteiger partial charge in [0.15, 0.2) is 5.69 Å². The second-order valence-corrected chi connectivity index (χ2v) is 8.40. The van der Waals surface area contributed by atoms with Crippen molar-refractivity contribution in [1.82, 2.24) is 15.0 Å². The molecule has 0 saturated heterocycles. The highest BCUT2D eigenvalue weighted by molar-refractivity contribution is 7.90. The normalized spacial score (nSPS) is 16.7. The van der Waals surface area contributed by atoms with Crippen molar-refractivity contribution in [2.45, 2.75) is 37.4 Å². The largest absolute Gasteiger partial charge is 0.511 e. The zero-order valence-electron chi connectivity index (χ0n) is 12.2. The van der Waals surface area contributed by atoms with Gasteiger partial charge in [-0.2, -0.15) is 18.2 Å². The molecule has 0 bridgehead atoms. The van der Waals surface area contributed by atoms with Crippen molar-refractivity contribution < 1.29 is 31.1 Å². The molecule has 136 valence electrons. The van der Waals surface area contributed by atoms with Gasteiger partial charge in [-0.1, -0.05) is 22.9 Å². The van der Waals surface area contributed by atoms with E-state index in [1.807, 2.05) is 0 Å². The van der Waals surface area contributed by atoms with Crippen LogP contribution in [0.3, 0.4) is 0 Å². The van der Waals surface area contributed by atoms with Gasteiger partial charge in [-0.3, -0.25) is 4.79 Å². The number of thiazole rings is 1. The molecular weight excluding hydrogens is 395 g/mol. The first-order chi connectivity index (χ1) is 11.0. The minimum atomic E-state index is -5.46. The van der Waals surface area contributed by atoms with Gasteiger partial charge in [0.25, 0.3) is 11.1 Å². The van der Waals surface area contributed by atoms with E-state index in [2.05, 4.69) is 10.3 Å². The number of carbonyl (C=O) groups excluding carboxylic acids is 1. The van der Waals surface area contributed by atoms with Crippen LogP contribution < -0.4 is 14.8 Å². The van der Waals surface area contributed by atoms with Gasteiger partial charge < -0.3 is 10.1 Å². The van der Waals surface area contributed by atoms with E-state index >= 15 is 0 Å². The number of sulfonamides is 1. The standard InChI is InChI=1S/C11H13ClF3N3O4S2/c1-5(18-24(20,21)11(13,14)15)4-22-10-17-7(8(12)23-10)9(19)16-6-2-3-6/h5-6,18H,2-4H2,1H3,(H,16,19)/t5-/m0/s1. The minimum absolute atomic E-state index is 0.0351. The summed E-state index contributed by atoms with van der Waals surface area (Å²) in [5, 5.41) is 2.64. The fraction of sp³-hybridized carbons (Fsp3) is 0.636. The molecule has 1 fully saturated rings. The maximum Gasteiger partial charge on any atom is 0.511 e. The molecule has 0 spiro atoms. The molecule has 0 aliphatic heterocycles. The summed E-state index contributed by atoms with van der Waals surface area (Å²) >= 11 is 6.71. The highest BCUT2D eigenvalue weighted by Crippen LogP contribution is 2.31. The van der Waals surface area contributed by atoms with E-state index < -0.39 is 34.1 Å². The summed E-state index contributed by atoms with van der Waals surface area (Å²) in [7, 11) is -5.46. The first-order valence-corrected chi connectivity index (χ1v) is 9.36. The Bertz CT molecular complexity index is 719. The lowest BCUT2D eigenvalue weighted by atomic mass is 10.4. The summed E-state index contributed by atoms with van der Waals surface area (Å²) in [6.07, 6.45) is 1.77. The van der Waals surface area contributed by atoms with Crippen molar-refractivity contribution in [2.75, 3.05) is 6.61 Å². The highest BCUT2D eigenvalue weighted by Gasteiger charge is 2.46. The summed E-state index contributed by atoms with van der Waals surface area (Å²) in [5.74, 6) is -0.459. The van der Waals surface area contributed by atoms with E-state index in [1.165, 1.54) is 11.6 Å². The summed E-state index contributed by atoms with van der Waals surface area (Å²) < 4.78 is 65.3. The van der Waals surface area contributed by atoms with Gasteiger partial charge >= 0.3 is 15.5 Å². The van der Waals surface area contributed by atoms with Crippen molar-refractivity contribution >= 4 is 38.9 Å². The molecular formula is C11H13ClF3N3O4S2. The number of nitrogens with one attached hydrogen (secondary N) is 2. The van der Waals surface area contributed by atoms with Gasteiger partial charge in [0, 0.05) is 6.04 Å². The second-order valence-electron chi connectivity index (χ2n) is 5.13. The van der Waals surface area contributed by atoms with Crippen LogP contribution in [0.2, 0.25) is 4.34 Å². The summed E-state index contributed by atoms with van der Waals surface area (Å²) in [6.45, 7) is 0.780. The van der Waals surface area contributed by atoms with Gasteiger partial charge in [-0.05, 0) is 19.8 Å². The molecule has 7 nitrogen and oxygen atoms in total. The fourth-order valence-electron chi connectivity index (χ4n) is 1.53. The minimum Gasteiger partial charge on any atom is -0.468 e. The van der Waals surface area contributed by atoms with Crippen LogP contribution in [-0.4, -0.2) is 43.5 Å². The molecule has 1 aliphatic carbocycles. The molecule has 1 atom stereocenters. The van der Waals surface area contributed by atoms with Crippen LogP contribution in [0.5, 0.6) is 5.19 Å². The molecule has 2 N–H and O–H groups in total. The number of hydrogen-bond donors (Lipinski definition) is 2. The predicted molar refractivity (Wildman–Crippen MR) is 80.7 cm³/mol. The van der Waals surface area contributed by atoms with Crippen molar-refractivity contribution in [3.63, 3.8) is 0 Å². The molecule has 0 aromatic carbocycles. The zero-order chi connectivity index (χ0) is 18.1. The molecule has 1 aliphatic rings. The average Bonchev–Trinajstić information content (AvgIpc) is 3.15. The van der Waals surface area contributed by atoms with Gasteiger partial charge in [-0.25, -0.2) is 13.1 Å². The molecule has 1 aromatic heterocycles. The Morgan fingerprint density at radius 2 is 2.12 bits per heavy atom. The van der Waals surface area contributed by atoms with Crippen LogP contribution in [0.25, 0.3) is 0 Å². The Labute approximate surface area is 144 Å². The Hall–Kier alpha value is -1.11. The van der Waals surface area contributed by atoms with Crippen molar-refractivity contribution in [1.29, 1.82) is 0 Å². The molecule has 24 heavy (non-hydrogen) atoms. The lowest BCUT2D eigenvalue weighted by molar-refractivity contribution is -0.0451. The monoisotopic (exact) mass is 407 g/mol. The third-order valence-electron chi connectivity index (χ3n) is 2.81. The Morgan fingerprint density at radius 3 is 2.67 bits per heavy atom. The average molecular weight is 408 g/mol. The molecule has 1 saturated carbocycles. The molecule has 13 heteroatoms. The molecule has 0 radical (unpaired) electrons. The van der Waals surface area contributed by atoms with Crippen LogP contribution in [0.4, 0.5) is 13.2 Å². The van der Waals surface area contributed by atoms with Gasteiger partial charge in [-0.15, -0.1) is 0 Å². The zero-order valence-corrected chi connectivity index (χ0v) is 14.6. The van der Waals surface area contributed by atoms with Crippen LogP contribution >= 0.6 is 22.9 Å². The molecule has 1 heterocycles. The van der Waals surface area contributed by atoms with E-state index in [1.54, 1.807) is 0 Å². The summed E-state index contributed by atoms with van der Waals surface area (Å²) in [5.41, 5.74) is -5.44. The van der Waals surface area contributed by atoms with E-state index in [4.69, 9.17) is 16.3 Å². The number of hydrogen-bond acceptors (Lipinski definition) is 6. The second kappa shape index (κ2) is 7.02. The Morgan fingerprint density at radius 1 is 1.50 bits per heavy atom. The lowest BCUT2D eigenvalue weighted by Crippen LogP contribution is -2.43. The van der Waals surface area contributed by atoms with E-state index in [0.717, 1.165) is 24.2 Å². The molecule has 0 unspecified atom stereocenters. The molecule has 1 amide bonds. The number of aromatic nitrogens is 1. The number of rotatable bonds is 7. The SMILES string of the molecule is C[C@@H](COc1nc(C(=O)NC2CC2)c(Cl)s1)NS(=O)(=O)C(F)(F)F. The predicted octanol–water partition coefficient (Wildman–Crippen LogP) is 1.90. The number of nitrogens with zero attached hydrogens (tertiary/aromatic N) is 1. The third-order valence-corrected chi connectivity index (χ3v) is 5.30. The van der Waals surface area contributed by atoms with Gasteiger partial charge in [0.1, 0.15) is 10.9 Å². The van der Waals surface area contributed by atoms with Crippen molar-refractivity contribution in [3.05, 3.63) is 10.0 Å². The van der Waals surface area contributed by atoms with Crippen molar-refractivity contribution in [2.24, 2.45) is 0 Å². The number of alkyl halides is 3. The number of carbonyl (C=O) groups is 1. The van der Waals surface area contributed by atoms with Gasteiger partial charge in [0.05, 0.1) is 6.04 Å². The summed E-state index contributed by atoms with van der Waals surface area (Å²) in [6, 6.07) is -1.06. The van der Waals surface area contributed by atoms with Crippen LogP contribution in [-0.2, 0) is 10.0 Å². The smallest absolute Gasteiger partial charge is 0.468 e. The quantitative estimate of drug-likeness (QED) is 0.719. The maximum absolute atomic E-state index is 12.2. The Balaban J connectivity index is 1.91. The molecule has 1 aromatic rings. The Kier molecular flexibility index (Phi) is 5.62. The van der Waals surface area contributed by atoms with E-state index in [0.29, 0.717) is 0 Å². The van der Waals surface area contributed by atoms with E-state index in [-0.39, 0.29) is 21.3 Å². The number of ether oxygens (including phenoxy) is 1. The maximum atomic E-state index is 12.2. The topological polar surface area (TPSA) is 97.4 Å². The van der Waals surface area contributed by atoms with Crippen LogP contribution in [0.15, 0.2) is 0 Å². The highest BCUT2D eigenvalue weighted by atomic mass is 35.5. The first kappa shape index (κ1) is 19.2. The van der Waals surface area contributed by atoms with Crippen LogP contribution in [0, 0.1) is 0 Å². The number of amides is 1. The van der Waals surface area contributed by atoms with Crippen LogP contribution in [0.1, 0.15) is 30.3 Å².